The minimum absolute atomic E-state index is 0.196. The maximum atomic E-state index is 12.9. The zero-order valence-corrected chi connectivity index (χ0v) is 16.0. The standard InChI is InChI=1S/C19H16N2O4S2/c1-25-11-6-7-12-15(8-11)27-17(20-12)10-21-13-4-2-3-5-14(13)26-16(19(21)24)9-18(22)23/h2-8,16H,9-10H2,1H3,(H,22,23). The van der Waals surface area contributed by atoms with Crippen LogP contribution in [0.1, 0.15) is 11.4 Å². The van der Waals surface area contributed by atoms with E-state index in [0.717, 1.165) is 31.6 Å². The summed E-state index contributed by atoms with van der Waals surface area (Å²) in [5.74, 6) is -0.416. The third-order valence-corrected chi connectivity index (χ3v) is 6.51. The van der Waals surface area contributed by atoms with Gasteiger partial charge < -0.3 is 14.7 Å². The van der Waals surface area contributed by atoms with Crippen molar-refractivity contribution in [2.45, 2.75) is 23.1 Å². The second-order valence-electron chi connectivity index (χ2n) is 6.04. The monoisotopic (exact) mass is 400 g/mol. The summed E-state index contributed by atoms with van der Waals surface area (Å²) in [6.45, 7) is 0.314. The van der Waals surface area contributed by atoms with E-state index >= 15 is 0 Å². The molecule has 0 spiro atoms. The Kier molecular flexibility index (Phi) is 4.75. The van der Waals surface area contributed by atoms with E-state index in [2.05, 4.69) is 4.98 Å². The van der Waals surface area contributed by atoms with Crippen molar-refractivity contribution < 1.29 is 19.4 Å². The number of aliphatic carboxylic acids is 1. The van der Waals surface area contributed by atoms with E-state index in [0.29, 0.717) is 6.54 Å². The summed E-state index contributed by atoms with van der Waals surface area (Å²) in [7, 11) is 1.62. The van der Waals surface area contributed by atoms with Crippen LogP contribution in [0, 0.1) is 0 Å². The largest absolute Gasteiger partial charge is 0.497 e. The zero-order chi connectivity index (χ0) is 19.0. The number of carboxylic acids is 1. The van der Waals surface area contributed by atoms with E-state index in [-0.39, 0.29) is 12.3 Å². The van der Waals surface area contributed by atoms with Gasteiger partial charge in [-0.05, 0) is 30.3 Å². The molecule has 0 bridgehead atoms. The van der Waals surface area contributed by atoms with Crippen LogP contribution in [0.25, 0.3) is 10.2 Å². The van der Waals surface area contributed by atoms with Crippen LogP contribution < -0.4 is 9.64 Å². The van der Waals surface area contributed by atoms with Crippen molar-refractivity contribution in [1.82, 2.24) is 4.98 Å². The molecule has 1 aliphatic rings. The quantitative estimate of drug-likeness (QED) is 0.702. The van der Waals surface area contributed by atoms with Gasteiger partial charge >= 0.3 is 5.97 Å². The first-order valence-corrected chi connectivity index (χ1v) is 9.97. The number of para-hydroxylation sites is 1. The molecule has 6 nitrogen and oxygen atoms in total. The fourth-order valence-corrected chi connectivity index (χ4v) is 5.21. The first kappa shape index (κ1) is 17.8. The molecule has 0 fully saturated rings. The molecule has 138 valence electrons. The molecule has 2 aromatic carbocycles. The number of carboxylic acid groups (broad SMARTS) is 1. The van der Waals surface area contributed by atoms with Gasteiger partial charge in [-0.15, -0.1) is 23.1 Å². The number of hydrogen-bond donors (Lipinski definition) is 1. The van der Waals surface area contributed by atoms with Crippen molar-refractivity contribution >= 4 is 50.9 Å². The van der Waals surface area contributed by atoms with Crippen molar-refractivity contribution in [2.24, 2.45) is 0 Å². The highest BCUT2D eigenvalue weighted by atomic mass is 32.2. The van der Waals surface area contributed by atoms with Gasteiger partial charge in [-0.1, -0.05) is 12.1 Å². The molecule has 3 aromatic rings. The predicted molar refractivity (Wildman–Crippen MR) is 106 cm³/mol. The summed E-state index contributed by atoms with van der Waals surface area (Å²) in [6, 6.07) is 13.2. The number of amides is 1. The molecule has 2 heterocycles. The van der Waals surface area contributed by atoms with Crippen LogP contribution in [-0.2, 0) is 16.1 Å². The minimum Gasteiger partial charge on any atom is -0.497 e. The van der Waals surface area contributed by atoms with Crippen LogP contribution in [0.15, 0.2) is 47.4 Å². The summed E-state index contributed by atoms with van der Waals surface area (Å²) >= 11 is 2.82. The van der Waals surface area contributed by atoms with Crippen LogP contribution in [0.3, 0.4) is 0 Å². The minimum atomic E-state index is -0.979. The van der Waals surface area contributed by atoms with E-state index in [1.807, 2.05) is 42.5 Å². The van der Waals surface area contributed by atoms with Crippen molar-refractivity contribution in [2.75, 3.05) is 12.0 Å². The molecule has 1 aromatic heterocycles. The molecule has 1 N–H and O–H groups in total. The molecule has 1 aliphatic heterocycles. The molecule has 1 unspecified atom stereocenters. The number of thiazole rings is 1. The number of rotatable bonds is 5. The van der Waals surface area contributed by atoms with E-state index in [1.165, 1.54) is 23.1 Å². The number of carbonyl (C=O) groups excluding carboxylic acids is 1. The Hall–Kier alpha value is -2.58. The predicted octanol–water partition coefficient (Wildman–Crippen LogP) is 3.79. The normalized spacial score (nSPS) is 16.4. The highest BCUT2D eigenvalue weighted by molar-refractivity contribution is 8.01. The lowest BCUT2D eigenvalue weighted by molar-refractivity contribution is -0.138. The Morgan fingerprint density at radius 3 is 2.89 bits per heavy atom. The Balaban J connectivity index is 1.68. The summed E-state index contributed by atoms with van der Waals surface area (Å²) in [5, 5.41) is 9.31. The van der Waals surface area contributed by atoms with Gasteiger partial charge in [0.1, 0.15) is 10.8 Å². The molecule has 0 saturated heterocycles. The molecule has 0 saturated carbocycles. The molecule has 0 aliphatic carbocycles. The zero-order valence-electron chi connectivity index (χ0n) is 14.4. The van der Waals surface area contributed by atoms with Gasteiger partial charge in [0.2, 0.25) is 5.91 Å². The summed E-state index contributed by atoms with van der Waals surface area (Å²) < 4.78 is 6.24. The molecule has 1 amide bonds. The molecule has 0 radical (unpaired) electrons. The topological polar surface area (TPSA) is 79.7 Å². The fraction of sp³-hybridized carbons (Fsp3) is 0.211. The average molecular weight is 400 g/mol. The van der Waals surface area contributed by atoms with Gasteiger partial charge in [0.05, 0.1) is 41.2 Å². The second-order valence-corrected chi connectivity index (χ2v) is 8.40. The summed E-state index contributed by atoms with van der Waals surface area (Å²) in [6.07, 6.45) is -0.203. The van der Waals surface area contributed by atoms with Crippen molar-refractivity contribution in [3.8, 4) is 5.75 Å². The third kappa shape index (κ3) is 3.50. The summed E-state index contributed by atoms with van der Waals surface area (Å²) in [4.78, 5) is 31.3. The number of carbonyl (C=O) groups is 2. The smallest absolute Gasteiger partial charge is 0.305 e. The number of thioether (sulfide) groups is 1. The number of methoxy groups -OCH3 is 1. The molecular formula is C19H16N2O4S2. The maximum Gasteiger partial charge on any atom is 0.305 e. The number of fused-ring (bicyclic) bond motifs is 2. The number of benzene rings is 2. The third-order valence-electron chi connectivity index (χ3n) is 4.26. The average Bonchev–Trinajstić information content (AvgIpc) is 3.06. The van der Waals surface area contributed by atoms with Crippen LogP contribution in [0.4, 0.5) is 5.69 Å². The Labute approximate surface area is 163 Å². The van der Waals surface area contributed by atoms with E-state index in [1.54, 1.807) is 12.0 Å². The first-order valence-electron chi connectivity index (χ1n) is 8.27. The number of ether oxygens (including phenoxy) is 1. The first-order chi connectivity index (χ1) is 13.0. The van der Waals surface area contributed by atoms with E-state index in [4.69, 9.17) is 9.84 Å². The highest BCUT2D eigenvalue weighted by Crippen LogP contribution is 2.41. The van der Waals surface area contributed by atoms with Crippen molar-refractivity contribution in [3.05, 3.63) is 47.5 Å². The number of aromatic nitrogens is 1. The van der Waals surface area contributed by atoms with Gasteiger partial charge in [0.25, 0.3) is 0 Å². The Bertz CT molecular complexity index is 1030. The lowest BCUT2D eigenvalue weighted by Crippen LogP contribution is -2.41. The fourth-order valence-electron chi connectivity index (χ4n) is 3.01. The van der Waals surface area contributed by atoms with Crippen molar-refractivity contribution in [3.63, 3.8) is 0 Å². The van der Waals surface area contributed by atoms with Crippen LogP contribution in [0.2, 0.25) is 0 Å². The lowest BCUT2D eigenvalue weighted by atomic mass is 10.2. The van der Waals surface area contributed by atoms with Crippen LogP contribution in [-0.4, -0.2) is 34.3 Å². The van der Waals surface area contributed by atoms with E-state index < -0.39 is 11.2 Å². The molecule has 8 heteroatoms. The van der Waals surface area contributed by atoms with Gasteiger partial charge in [0.15, 0.2) is 0 Å². The highest BCUT2D eigenvalue weighted by Gasteiger charge is 2.35. The molecule has 27 heavy (non-hydrogen) atoms. The van der Waals surface area contributed by atoms with E-state index in [9.17, 15) is 9.59 Å². The Morgan fingerprint density at radius 2 is 2.11 bits per heavy atom. The summed E-state index contributed by atoms with van der Waals surface area (Å²) in [5.41, 5.74) is 1.65. The van der Waals surface area contributed by atoms with Gasteiger partial charge in [-0.25, -0.2) is 4.98 Å². The SMILES string of the molecule is COc1ccc2nc(CN3C(=O)C(CC(=O)O)Sc4ccccc43)sc2c1. The number of hydrogen-bond acceptors (Lipinski definition) is 6. The van der Waals surface area contributed by atoms with Gasteiger partial charge in [-0.2, -0.15) is 0 Å². The van der Waals surface area contributed by atoms with Crippen LogP contribution in [0.5, 0.6) is 5.75 Å². The van der Waals surface area contributed by atoms with Gasteiger partial charge in [-0.3, -0.25) is 9.59 Å². The Morgan fingerprint density at radius 1 is 1.30 bits per heavy atom. The molecule has 1 atom stereocenters. The molecule has 4 rings (SSSR count). The molecular weight excluding hydrogens is 384 g/mol. The number of nitrogens with zero attached hydrogens (tertiary/aromatic N) is 2. The maximum absolute atomic E-state index is 12.9. The number of anilines is 1. The second kappa shape index (κ2) is 7.21. The van der Waals surface area contributed by atoms with Crippen molar-refractivity contribution in [1.29, 1.82) is 0 Å². The van der Waals surface area contributed by atoms with Crippen LogP contribution >= 0.6 is 23.1 Å². The lowest BCUT2D eigenvalue weighted by Gasteiger charge is -2.32. The van der Waals surface area contributed by atoms with Gasteiger partial charge in [0, 0.05) is 4.90 Å².